The summed E-state index contributed by atoms with van der Waals surface area (Å²) in [4.78, 5) is 34.5. The Kier molecular flexibility index (Phi) is 8.82. The Balaban J connectivity index is 0.996. The van der Waals surface area contributed by atoms with Gasteiger partial charge in [0, 0.05) is 37.9 Å². The van der Waals surface area contributed by atoms with Gasteiger partial charge in [-0.15, -0.1) is 12.6 Å². The summed E-state index contributed by atoms with van der Waals surface area (Å²) in [7, 11) is 0. The second kappa shape index (κ2) is 13.0. The van der Waals surface area contributed by atoms with Crippen molar-refractivity contribution < 1.29 is 23.7 Å². The van der Waals surface area contributed by atoms with Crippen molar-refractivity contribution in [3.05, 3.63) is 36.8 Å². The van der Waals surface area contributed by atoms with Gasteiger partial charge in [0.1, 0.15) is 17.4 Å². The number of anilines is 2. The van der Waals surface area contributed by atoms with Gasteiger partial charge in [0.2, 0.25) is 11.8 Å². The second-order valence-corrected chi connectivity index (χ2v) is 11.0. The van der Waals surface area contributed by atoms with E-state index in [4.69, 9.17) is 23.9 Å². The van der Waals surface area contributed by atoms with Crippen molar-refractivity contribution in [2.75, 3.05) is 62.8 Å². The lowest BCUT2D eigenvalue weighted by molar-refractivity contribution is -0.138. The minimum absolute atomic E-state index is 0.0717. The Morgan fingerprint density at radius 3 is 2.66 bits per heavy atom. The SMILES string of the molecule is O=C(COc1cnc(NC2CCC(Oc3nc(N4CCOCC4)cc4ncccc34)CC2)nc1)N1CCOC(S)C1. The molecule has 3 aromatic rings. The maximum Gasteiger partial charge on any atom is 0.260 e. The van der Waals surface area contributed by atoms with Crippen molar-refractivity contribution in [2.45, 2.75) is 43.3 Å². The van der Waals surface area contributed by atoms with Crippen LogP contribution in [0.5, 0.6) is 11.6 Å². The number of amides is 1. The molecule has 1 aliphatic carbocycles. The maximum atomic E-state index is 12.4. The lowest BCUT2D eigenvalue weighted by Crippen LogP contribution is -2.45. The number of ether oxygens (including phenoxy) is 4. The van der Waals surface area contributed by atoms with Gasteiger partial charge in [-0.1, -0.05) is 0 Å². The van der Waals surface area contributed by atoms with E-state index in [9.17, 15) is 4.79 Å². The fourth-order valence-electron chi connectivity index (χ4n) is 5.30. The minimum atomic E-state index is -0.261. The van der Waals surface area contributed by atoms with Crippen LogP contribution in [0, 0.1) is 0 Å². The molecule has 0 bridgehead atoms. The summed E-state index contributed by atoms with van der Waals surface area (Å²) in [6, 6.07) is 6.21. The molecule has 1 atom stereocenters. The highest BCUT2D eigenvalue weighted by Gasteiger charge is 2.25. The summed E-state index contributed by atoms with van der Waals surface area (Å²) < 4.78 is 22.9. The zero-order chi connectivity index (χ0) is 28.0. The number of pyridine rings is 2. The van der Waals surface area contributed by atoms with Gasteiger partial charge in [0.15, 0.2) is 12.4 Å². The molecule has 218 valence electrons. The Morgan fingerprint density at radius 1 is 1.07 bits per heavy atom. The van der Waals surface area contributed by atoms with E-state index in [1.54, 1.807) is 23.5 Å². The first-order valence-corrected chi connectivity index (χ1v) is 14.7. The number of hydrogen-bond acceptors (Lipinski definition) is 12. The summed E-state index contributed by atoms with van der Waals surface area (Å²) in [5.74, 6) is 2.40. The molecule has 1 saturated carbocycles. The van der Waals surface area contributed by atoms with Gasteiger partial charge in [-0.2, -0.15) is 4.98 Å². The average Bonchev–Trinajstić information content (AvgIpc) is 3.02. The highest BCUT2D eigenvalue weighted by atomic mass is 32.1. The van der Waals surface area contributed by atoms with E-state index in [0.717, 1.165) is 55.5 Å². The van der Waals surface area contributed by atoms with Gasteiger partial charge in [-0.3, -0.25) is 9.78 Å². The molecule has 12 nitrogen and oxygen atoms in total. The smallest absolute Gasteiger partial charge is 0.260 e. The molecule has 3 aromatic heterocycles. The van der Waals surface area contributed by atoms with E-state index in [2.05, 4.69) is 37.8 Å². The molecular weight excluding hydrogens is 546 g/mol. The third-order valence-electron chi connectivity index (χ3n) is 7.56. The molecule has 2 aliphatic heterocycles. The van der Waals surface area contributed by atoms with Crippen LogP contribution in [-0.2, 0) is 14.3 Å². The number of morpholine rings is 2. The number of carbonyl (C=O) groups excluding carboxylic acids is 1. The van der Waals surface area contributed by atoms with E-state index >= 15 is 0 Å². The number of thiol groups is 1. The summed E-state index contributed by atoms with van der Waals surface area (Å²) in [5.41, 5.74) is 0.624. The highest BCUT2D eigenvalue weighted by molar-refractivity contribution is 7.80. The predicted octanol–water partition coefficient (Wildman–Crippen LogP) is 2.55. The van der Waals surface area contributed by atoms with Crippen molar-refractivity contribution in [1.82, 2.24) is 24.8 Å². The number of fused-ring (bicyclic) bond motifs is 1. The van der Waals surface area contributed by atoms with E-state index in [0.29, 0.717) is 50.5 Å². The van der Waals surface area contributed by atoms with Crippen molar-refractivity contribution in [1.29, 1.82) is 0 Å². The minimum Gasteiger partial charge on any atom is -0.481 e. The molecule has 1 unspecified atom stereocenters. The monoisotopic (exact) mass is 581 g/mol. The molecule has 0 radical (unpaired) electrons. The summed E-state index contributed by atoms with van der Waals surface area (Å²) in [6.07, 6.45) is 8.67. The van der Waals surface area contributed by atoms with E-state index in [1.807, 2.05) is 18.2 Å². The van der Waals surface area contributed by atoms with Crippen LogP contribution in [0.4, 0.5) is 11.8 Å². The number of carbonyl (C=O) groups is 1. The standard InChI is InChI=1S/C28H35N7O5S/c36-25(35-10-13-38-26(41)17-35)18-39-21-15-30-28(31-16-21)32-19-3-5-20(6-4-19)40-27-22-2-1-7-29-23(22)14-24(33-27)34-8-11-37-12-9-34/h1-2,7,14-16,19-20,26,41H,3-6,8-13,17-18H2,(H,30,31,32). The normalized spacial score (nSPS) is 23.3. The summed E-state index contributed by atoms with van der Waals surface area (Å²) in [6.45, 7) is 4.39. The predicted molar refractivity (Wildman–Crippen MR) is 156 cm³/mol. The number of aromatic nitrogens is 4. The number of nitrogens with zero attached hydrogens (tertiary/aromatic N) is 6. The Bertz CT molecular complexity index is 1320. The van der Waals surface area contributed by atoms with Crippen LogP contribution < -0.4 is 19.7 Å². The topological polar surface area (TPSA) is 124 Å². The van der Waals surface area contributed by atoms with Gasteiger partial charge in [0.25, 0.3) is 5.91 Å². The molecule has 41 heavy (non-hydrogen) atoms. The quantitative estimate of drug-likeness (QED) is 0.382. The van der Waals surface area contributed by atoms with Gasteiger partial charge >= 0.3 is 0 Å². The first kappa shape index (κ1) is 27.7. The van der Waals surface area contributed by atoms with E-state index in [-0.39, 0.29) is 30.1 Å². The molecule has 13 heteroatoms. The summed E-state index contributed by atoms with van der Waals surface area (Å²) >= 11 is 4.28. The van der Waals surface area contributed by atoms with Crippen LogP contribution in [0.1, 0.15) is 25.7 Å². The number of rotatable bonds is 8. The number of nitrogens with one attached hydrogen (secondary N) is 1. The maximum absolute atomic E-state index is 12.4. The van der Waals surface area contributed by atoms with Crippen LogP contribution >= 0.6 is 12.6 Å². The first-order valence-electron chi connectivity index (χ1n) is 14.1. The van der Waals surface area contributed by atoms with Gasteiger partial charge in [-0.05, 0) is 37.8 Å². The highest BCUT2D eigenvalue weighted by Crippen LogP contribution is 2.31. The van der Waals surface area contributed by atoms with Crippen molar-refractivity contribution in [3.63, 3.8) is 0 Å². The van der Waals surface area contributed by atoms with Gasteiger partial charge < -0.3 is 34.1 Å². The fraction of sp³-hybridized carbons (Fsp3) is 0.536. The van der Waals surface area contributed by atoms with Crippen LogP contribution in [0.2, 0.25) is 0 Å². The van der Waals surface area contributed by atoms with Crippen LogP contribution in [0.3, 0.4) is 0 Å². The Labute approximate surface area is 244 Å². The molecular formula is C28H35N7O5S. The van der Waals surface area contributed by atoms with E-state index < -0.39 is 0 Å². The molecule has 0 aromatic carbocycles. The Hall–Kier alpha value is -3.42. The Morgan fingerprint density at radius 2 is 1.88 bits per heavy atom. The first-order chi connectivity index (χ1) is 20.1. The van der Waals surface area contributed by atoms with E-state index in [1.165, 1.54) is 0 Å². The second-order valence-electron chi connectivity index (χ2n) is 10.4. The third kappa shape index (κ3) is 7.08. The zero-order valence-corrected chi connectivity index (χ0v) is 23.7. The molecule has 5 heterocycles. The lowest BCUT2D eigenvalue weighted by atomic mass is 9.93. The van der Waals surface area contributed by atoms with Gasteiger partial charge in [0.05, 0.1) is 49.7 Å². The fourth-order valence-corrected chi connectivity index (χ4v) is 5.60. The van der Waals surface area contributed by atoms with Crippen LogP contribution in [-0.4, -0.2) is 101 Å². The molecule has 3 fully saturated rings. The van der Waals surface area contributed by atoms with Crippen molar-refractivity contribution >= 4 is 41.2 Å². The number of hydrogen-bond donors (Lipinski definition) is 2. The van der Waals surface area contributed by atoms with Gasteiger partial charge in [-0.25, -0.2) is 9.97 Å². The van der Waals surface area contributed by atoms with Crippen molar-refractivity contribution in [2.24, 2.45) is 0 Å². The molecule has 2 saturated heterocycles. The van der Waals surface area contributed by atoms with Crippen LogP contribution in [0.25, 0.3) is 10.9 Å². The molecule has 1 N–H and O–H groups in total. The largest absolute Gasteiger partial charge is 0.481 e. The lowest BCUT2D eigenvalue weighted by Gasteiger charge is -2.31. The molecule has 1 amide bonds. The molecule has 0 spiro atoms. The van der Waals surface area contributed by atoms with Crippen molar-refractivity contribution in [3.8, 4) is 11.6 Å². The summed E-state index contributed by atoms with van der Waals surface area (Å²) in [5, 5.41) is 4.35. The van der Waals surface area contributed by atoms with Crippen LogP contribution in [0.15, 0.2) is 36.8 Å². The molecule has 3 aliphatic rings. The molecule has 6 rings (SSSR count). The third-order valence-corrected chi connectivity index (χ3v) is 7.88. The zero-order valence-electron chi connectivity index (χ0n) is 22.9. The average molecular weight is 582 g/mol.